The standard InChI is InChI=1S/C14H17NOS/c1-9-4-10(2)13(11(3)5-9)6-14-15-12(7-16)8-17-14/h4-5,8,16H,6-7H2,1-3H3. The molecular formula is C14H17NOS. The monoisotopic (exact) mass is 247 g/mol. The molecule has 0 unspecified atom stereocenters. The Morgan fingerprint density at radius 1 is 1.18 bits per heavy atom. The summed E-state index contributed by atoms with van der Waals surface area (Å²) in [6.07, 6.45) is 0.864. The Balaban J connectivity index is 2.29. The lowest BCUT2D eigenvalue weighted by Gasteiger charge is -2.09. The van der Waals surface area contributed by atoms with E-state index in [9.17, 15) is 0 Å². The quantitative estimate of drug-likeness (QED) is 0.903. The summed E-state index contributed by atoms with van der Waals surface area (Å²) >= 11 is 1.62. The summed E-state index contributed by atoms with van der Waals surface area (Å²) in [7, 11) is 0. The molecule has 0 saturated carbocycles. The largest absolute Gasteiger partial charge is 0.390 e. The van der Waals surface area contributed by atoms with Gasteiger partial charge in [0.25, 0.3) is 0 Å². The van der Waals surface area contributed by atoms with Crippen LogP contribution in [0.5, 0.6) is 0 Å². The fraction of sp³-hybridized carbons (Fsp3) is 0.357. The zero-order valence-electron chi connectivity index (χ0n) is 10.4. The molecule has 2 nitrogen and oxygen atoms in total. The first-order chi connectivity index (χ1) is 8.10. The highest BCUT2D eigenvalue weighted by atomic mass is 32.1. The normalized spacial score (nSPS) is 10.8. The van der Waals surface area contributed by atoms with E-state index >= 15 is 0 Å². The SMILES string of the molecule is Cc1cc(C)c(Cc2nc(CO)cs2)c(C)c1. The van der Waals surface area contributed by atoms with Crippen LogP contribution in [-0.4, -0.2) is 10.1 Å². The van der Waals surface area contributed by atoms with Crippen LogP contribution in [-0.2, 0) is 13.0 Å². The Morgan fingerprint density at radius 3 is 2.35 bits per heavy atom. The third-order valence-electron chi connectivity index (χ3n) is 2.93. The number of benzene rings is 1. The molecular weight excluding hydrogens is 230 g/mol. The van der Waals surface area contributed by atoms with Gasteiger partial charge in [0.15, 0.2) is 0 Å². The Hall–Kier alpha value is -1.19. The molecule has 0 fully saturated rings. The smallest absolute Gasteiger partial charge is 0.0973 e. The molecule has 3 heteroatoms. The zero-order chi connectivity index (χ0) is 12.4. The van der Waals surface area contributed by atoms with E-state index in [0.29, 0.717) is 0 Å². The van der Waals surface area contributed by atoms with E-state index in [1.165, 1.54) is 22.3 Å². The number of hydrogen-bond acceptors (Lipinski definition) is 3. The summed E-state index contributed by atoms with van der Waals surface area (Å²) in [4.78, 5) is 4.40. The maximum absolute atomic E-state index is 9.01. The highest BCUT2D eigenvalue weighted by molar-refractivity contribution is 7.09. The van der Waals surface area contributed by atoms with Crippen LogP contribution in [0.3, 0.4) is 0 Å². The van der Waals surface area contributed by atoms with Crippen LogP contribution in [0.25, 0.3) is 0 Å². The van der Waals surface area contributed by atoms with Crippen molar-refractivity contribution in [3.05, 3.63) is 50.5 Å². The van der Waals surface area contributed by atoms with E-state index in [1.807, 2.05) is 5.38 Å². The maximum Gasteiger partial charge on any atom is 0.0973 e. The molecule has 90 valence electrons. The van der Waals surface area contributed by atoms with Crippen molar-refractivity contribution < 1.29 is 5.11 Å². The van der Waals surface area contributed by atoms with Crippen molar-refractivity contribution in [1.82, 2.24) is 4.98 Å². The summed E-state index contributed by atoms with van der Waals surface area (Å²) in [5.74, 6) is 0. The van der Waals surface area contributed by atoms with Gasteiger partial charge in [-0.15, -0.1) is 11.3 Å². The molecule has 0 spiro atoms. The van der Waals surface area contributed by atoms with Gasteiger partial charge >= 0.3 is 0 Å². The Morgan fingerprint density at radius 2 is 1.82 bits per heavy atom. The van der Waals surface area contributed by atoms with Crippen molar-refractivity contribution in [3.8, 4) is 0 Å². The predicted molar refractivity (Wildman–Crippen MR) is 71.5 cm³/mol. The van der Waals surface area contributed by atoms with Gasteiger partial charge in [0, 0.05) is 11.8 Å². The van der Waals surface area contributed by atoms with Crippen LogP contribution in [0.15, 0.2) is 17.5 Å². The number of aryl methyl sites for hydroxylation is 3. The topological polar surface area (TPSA) is 33.1 Å². The fourth-order valence-corrected chi connectivity index (χ4v) is 2.94. The third kappa shape index (κ3) is 2.73. The fourth-order valence-electron chi connectivity index (χ4n) is 2.14. The molecule has 0 atom stereocenters. The van der Waals surface area contributed by atoms with E-state index < -0.39 is 0 Å². The van der Waals surface area contributed by atoms with Crippen molar-refractivity contribution in [3.63, 3.8) is 0 Å². The number of hydrogen-bond donors (Lipinski definition) is 1. The van der Waals surface area contributed by atoms with Crippen LogP contribution in [0.2, 0.25) is 0 Å². The molecule has 0 aliphatic rings. The molecule has 1 aromatic heterocycles. The highest BCUT2D eigenvalue weighted by Gasteiger charge is 2.08. The van der Waals surface area contributed by atoms with E-state index in [2.05, 4.69) is 37.9 Å². The predicted octanol–water partition coefficient (Wildman–Crippen LogP) is 3.15. The maximum atomic E-state index is 9.01. The van der Waals surface area contributed by atoms with E-state index in [4.69, 9.17) is 5.11 Å². The number of aromatic nitrogens is 1. The van der Waals surface area contributed by atoms with Gasteiger partial charge < -0.3 is 5.11 Å². The molecule has 1 heterocycles. The van der Waals surface area contributed by atoms with Gasteiger partial charge in [0.05, 0.1) is 17.3 Å². The highest BCUT2D eigenvalue weighted by Crippen LogP contribution is 2.21. The molecule has 17 heavy (non-hydrogen) atoms. The molecule has 2 aromatic rings. The Kier molecular flexibility index (Phi) is 3.60. The minimum Gasteiger partial charge on any atom is -0.390 e. The molecule has 0 bridgehead atoms. The summed E-state index contributed by atoms with van der Waals surface area (Å²) in [5.41, 5.74) is 6.08. The van der Waals surface area contributed by atoms with Crippen molar-refractivity contribution in [2.45, 2.75) is 33.8 Å². The third-order valence-corrected chi connectivity index (χ3v) is 3.83. The number of thiazole rings is 1. The van der Waals surface area contributed by atoms with Crippen molar-refractivity contribution in [2.75, 3.05) is 0 Å². The first kappa shape index (κ1) is 12.3. The first-order valence-corrected chi connectivity index (χ1v) is 6.59. The number of aliphatic hydroxyl groups excluding tert-OH is 1. The van der Waals surface area contributed by atoms with Gasteiger partial charge in [-0.2, -0.15) is 0 Å². The molecule has 0 aliphatic carbocycles. The molecule has 1 aromatic carbocycles. The summed E-state index contributed by atoms with van der Waals surface area (Å²) < 4.78 is 0. The first-order valence-electron chi connectivity index (χ1n) is 5.71. The van der Waals surface area contributed by atoms with Gasteiger partial charge in [-0.3, -0.25) is 0 Å². The van der Waals surface area contributed by atoms with E-state index in [-0.39, 0.29) is 6.61 Å². The lowest BCUT2D eigenvalue weighted by Crippen LogP contribution is -1.97. The number of aliphatic hydroxyl groups is 1. The van der Waals surface area contributed by atoms with E-state index in [1.54, 1.807) is 11.3 Å². The van der Waals surface area contributed by atoms with Crippen LogP contribution in [0, 0.1) is 20.8 Å². The second-order valence-electron chi connectivity index (χ2n) is 4.44. The average Bonchev–Trinajstić information content (AvgIpc) is 2.71. The van der Waals surface area contributed by atoms with Gasteiger partial charge in [-0.25, -0.2) is 4.98 Å². The minimum atomic E-state index is 0.0301. The second-order valence-corrected chi connectivity index (χ2v) is 5.39. The van der Waals surface area contributed by atoms with Crippen LogP contribution in [0.1, 0.15) is 33.0 Å². The molecule has 0 radical (unpaired) electrons. The molecule has 2 rings (SSSR count). The molecule has 1 N–H and O–H groups in total. The summed E-state index contributed by atoms with van der Waals surface area (Å²) in [6.45, 7) is 6.45. The van der Waals surface area contributed by atoms with Crippen molar-refractivity contribution in [2.24, 2.45) is 0 Å². The van der Waals surface area contributed by atoms with Crippen LogP contribution >= 0.6 is 11.3 Å². The lowest BCUT2D eigenvalue weighted by molar-refractivity contribution is 0.277. The van der Waals surface area contributed by atoms with Crippen molar-refractivity contribution in [1.29, 1.82) is 0 Å². The lowest BCUT2D eigenvalue weighted by atomic mass is 9.98. The second kappa shape index (κ2) is 4.98. The summed E-state index contributed by atoms with van der Waals surface area (Å²) in [5, 5.41) is 12.0. The Bertz CT molecular complexity index is 508. The van der Waals surface area contributed by atoms with Gasteiger partial charge in [0.1, 0.15) is 0 Å². The molecule has 0 amide bonds. The van der Waals surface area contributed by atoms with Crippen LogP contribution < -0.4 is 0 Å². The minimum absolute atomic E-state index is 0.0301. The van der Waals surface area contributed by atoms with Gasteiger partial charge in [-0.1, -0.05) is 17.7 Å². The van der Waals surface area contributed by atoms with Gasteiger partial charge in [-0.05, 0) is 37.5 Å². The van der Waals surface area contributed by atoms with Crippen LogP contribution in [0.4, 0.5) is 0 Å². The van der Waals surface area contributed by atoms with E-state index in [0.717, 1.165) is 17.1 Å². The number of nitrogens with zero attached hydrogens (tertiary/aromatic N) is 1. The van der Waals surface area contributed by atoms with Gasteiger partial charge in [0.2, 0.25) is 0 Å². The van der Waals surface area contributed by atoms with Crippen molar-refractivity contribution >= 4 is 11.3 Å². The molecule has 0 aliphatic heterocycles. The summed E-state index contributed by atoms with van der Waals surface area (Å²) in [6, 6.07) is 4.42. The number of rotatable bonds is 3. The molecule has 0 saturated heterocycles. The average molecular weight is 247 g/mol. The Labute approximate surface area is 106 Å². The zero-order valence-corrected chi connectivity index (χ0v) is 11.3.